The van der Waals surface area contributed by atoms with Crippen LogP contribution in [-0.2, 0) is 11.2 Å². The summed E-state index contributed by atoms with van der Waals surface area (Å²) < 4.78 is 13.0. The lowest BCUT2D eigenvalue weighted by Crippen LogP contribution is -1.96. The molecule has 1 N–H and O–H groups in total. The summed E-state index contributed by atoms with van der Waals surface area (Å²) >= 11 is 1.40. The highest BCUT2D eigenvalue weighted by molar-refractivity contribution is 7.09. The minimum atomic E-state index is -0.840. The quantitative estimate of drug-likeness (QED) is 0.908. The van der Waals surface area contributed by atoms with Crippen LogP contribution < -0.4 is 0 Å². The number of rotatable bonds is 4. The first-order valence-corrected chi connectivity index (χ1v) is 5.95. The average molecular weight is 251 g/mol. The second-order valence-electron chi connectivity index (χ2n) is 3.53. The molecule has 1 aromatic carbocycles. The maximum atomic E-state index is 13.0. The Bertz CT molecular complexity index is 539. The molecule has 2 rings (SSSR count). The van der Waals surface area contributed by atoms with Gasteiger partial charge < -0.3 is 5.11 Å². The summed E-state index contributed by atoms with van der Waals surface area (Å²) in [7, 11) is 0. The van der Waals surface area contributed by atoms with Crippen molar-refractivity contribution in [2.24, 2.45) is 0 Å². The number of thiazole rings is 1. The molecule has 5 heteroatoms. The largest absolute Gasteiger partial charge is 0.481 e. The summed E-state index contributed by atoms with van der Waals surface area (Å²) in [6.45, 7) is 0. The highest BCUT2D eigenvalue weighted by atomic mass is 32.1. The number of carboxylic acid groups (broad SMARTS) is 1. The van der Waals surface area contributed by atoms with Gasteiger partial charge in [-0.2, -0.15) is 0 Å². The number of nitrogens with zero attached hydrogens (tertiary/aromatic N) is 1. The Morgan fingerprint density at radius 3 is 3.00 bits per heavy atom. The summed E-state index contributed by atoms with van der Waals surface area (Å²) in [5.74, 6) is -1.14. The smallest absolute Gasteiger partial charge is 0.303 e. The molecule has 0 radical (unpaired) electrons. The number of benzene rings is 1. The first-order valence-electron chi connectivity index (χ1n) is 5.07. The first-order chi connectivity index (χ1) is 8.15. The fraction of sp³-hybridized carbons (Fsp3) is 0.167. The van der Waals surface area contributed by atoms with E-state index in [2.05, 4.69) is 4.98 Å². The van der Waals surface area contributed by atoms with Gasteiger partial charge in [0.05, 0.1) is 17.1 Å². The summed E-state index contributed by atoms with van der Waals surface area (Å²) in [6.07, 6.45) is 0.478. The predicted octanol–water partition coefficient (Wildman–Crippen LogP) is 2.97. The van der Waals surface area contributed by atoms with Gasteiger partial charge in [-0.3, -0.25) is 4.79 Å². The van der Waals surface area contributed by atoms with E-state index in [0.29, 0.717) is 17.7 Å². The number of hydrogen-bond donors (Lipinski definition) is 1. The van der Waals surface area contributed by atoms with Gasteiger partial charge in [-0.25, -0.2) is 9.37 Å². The van der Waals surface area contributed by atoms with Crippen molar-refractivity contribution < 1.29 is 14.3 Å². The third-order valence-corrected chi connectivity index (χ3v) is 3.13. The lowest BCUT2D eigenvalue weighted by Gasteiger charge is -1.96. The second-order valence-corrected chi connectivity index (χ2v) is 4.47. The fourth-order valence-electron chi connectivity index (χ4n) is 1.42. The molecule has 0 atom stereocenters. The van der Waals surface area contributed by atoms with Crippen molar-refractivity contribution in [3.05, 3.63) is 40.5 Å². The predicted molar refractivity (Wildman–Crippen MR) is 63.5 cm³/mol. The molecule has 88 valence electrons. The number of aliphatic carboxylic acids is 1. The van der Waals surface area contributed by atoms with E-state index in [4.69, 9.17) is 5.11 Å². The van der Waals surface area contributed by atoms with Gasteiger partial charge in [0.15, 0.2) is 0 Å². The molecule has 0 bridgehead atoms. The number of halogens is 1. The molecular formula is C12H10FNO2S. The molecule has 0 fully saturated rings. The Labute approximate surface area is 102 Å². The van der Waals surface area contributed by atoms with Gasteiger partial charge >= 0.3 is 5.97 Å². The van der Waals surface area contributed by atoms with E-state index in [9.17, 15) is 9.18 Å². The third kappa shape index (κ3) is 3.10. The Balaban J connectivity index is 2.15. The van der Waals surface area contributed by atoms with Gasteiger partial charge in [0.25, 0.3) is 0 Å². The molecule has 17 heavy (non-hydrogen) atoms. The van der Waals surface area contributed by atoms with E-state index in [-0.39, 0.29) is 12.2 Å². The molecule has 1 aromatic heterocycles. The molecule has 0 amide bonds. The van der Waals surface area contributed by atoms with Gasteiger partial charge in [-0.1, -0.05) is 12.1 Å². The summed E-state index contributed by atoms with van der Waals surface area (Å²) in [6, 6.07) is 6.19. The maximum absolute atomic E-state index is 13.0. The topological polar surface area (TPSA) is 50.2 Å². The maximum Gasteiger partial charge on any atom is 0.303 e. The van der Waals surface area contributed by atoms with Crippen molar-refractivity contribution in [2.45, 2.75) is 12.8 Å². The molecule has 0 aliphatic carbocycles. The Morgan fingerprint density at radius 1 is 1.47 bits per heavy atom. The lowest BCUT2D eigenvalue weighted by atomic mass is 10.2. The Kier molecular flexibility index (Phi) is 3.49. The standard InChI is InChI=1S/C12H10FNO2S/c13-9-3-1-2-8(6-9)10-7-17-11(14-10)4-5-12(15)16/h1-3,6-7H,4-5H2,(H,15,16). The van der Waals surface area contributed by atoms with Crippen molar-refractivity contribution in [1.82, 2.24) is 4.98 Å². The van der Waals surface area contributed by atoms with Crippen LogP contribution in [-0.4, -0.2) is 16.1 Å². The monoisotopic (exact) mass is 251 g/mol. The highest BCUT2D eigenvalue weighted by Gasteiger charge is 2.06. The molecule has 3 nitrogen and oxygen atoms in total. The average Bonchev–Trinajstić information content (AvgIpc) is 2.75. The normalized spacial score (nSPS) is 10.4. The van der Waals surface area contributed by atoms with Crippen molar-refractivity contribution in [2.75, 3.05) is 0 Å². The van der Waals surface area contributed by atoms with Crippen molar-refractivity contribution in [3.63, 3.8) is 0 Å². The van der Waals surface area contributed by atoms with Gasteiger partial charge in [0.1, 0.15) is 5.82 Å². The van der Waals surface area contributed by atoms with Crippen LogP contribution in [0, 0.1) is 5.82 Å². The molecule has 0 saturated heterocycles. The molecule has 0 saturated carbocycles. The number of carboxylic acids is 1. The van der Waals surface area contributed by atoms with Crippen LogP contribution in [0.15, 0.2) is 29.6 Å². The zero-order chi connectivity index (χ0) is 12.3. The van der Waals surface area contributed by atoms with E-state index < -0.39 is 5.97 Å². The molecule has 0 spiro atoms. The minimum absolute atomic E-state index is 0.0656. The SMILES string of the molecule is O=C(O)CCc1nc(-c2cccc(F)c2)cs1. The lowest BCUT2D eigenvalue weighted by molar-refractivity contribution is -0.136. The zero-order valence-corrected chi connectivity index (χ0v) is 9.71. The van der Waals surface area contributed by atoms with Gasteiger partial charge in [-0.05, 0) is 12.1 Å². The van der Waals surface area contributed by atoms with Gasteiger partial charge in [-0.15, -0.1) is 11.3 Å². The highest BCUT2D eigenvalue weighted by Crippen LogP contribution is 2.23. The van der Waals surface area contributed by atoms with Crippen LogP contribution in [0.5, 0.6) is 0 Å². The number of aromatic nitrogens is 1. The van der Waals surface area contributed by atoms with Crippen LogP contribution in [0.3, 0.4) is 0 Å². The third-order valence-electron chi connectivity index (χ3n) is 2.22. The van der Waals surface area contributed by atoms with E-state index in [0.717, 1.165) is 5.01 Å². The summed E-state index contributed by atoms with van der Waals surface area (Å²) in [5, 5.41) is 11.1. The first kappa shape index (κ1) is 11.7. The fourth-order valence-corrected chi connectivity index (χ4v) is 2.23. The van der Waals surface area contributed by atoms with E-state index in [1.54, 1.807) is 12.1 Å². The molecule has 0 aliphatic heterocycles. The Hall–Kier alpha value is -1.75. The second kappa shape index (κ2) is 5.05. The van der Waals surface area contributed by atoms with Crippen LogP contribution in [0.4, 0.5) is 4.39 Å². The van der Waals surface area contributed by atoms with Crippen molar-refractivity contribution in [1.29, 1.82) is 0 Å². The van der Waals surface area contributed by atoms with Crippen molar-refractivity contribution in [3.8, 4) is 11.3 Å². The number of hydrogen-bond acceptors (Lipinski definition) is 3. The van der Waals surface area contributed by atoms with Gasteiger partial charge in [0, 0.05) is 17.4 Å². The zero-order valence-electron chi connectivity index (χ0n) is 8.89. The molecule has 2 aromatic rings. The Morgan fingerprint density at radius 2 is 2.29 bits per heavy atom. The van der Waals surface area contributed by atoms with Crippen LogP contribution in [0.1, 0.15) is 11.4 Å². The van der Waals surface area contributed by atoms with E-state index in [1.807, 2.05) is 5.38 Å². The van der Waals surface area contributed by atoms with Crippen LogP contribution in [0.2, 0.25) is 0 Å². The number of aryl methyl sites for hydroxylation is 1. The molecule has 0 unspecified atom stereocenters. The molecule has 0 aliphatic rings. The van der Waals surface area contributed by atoms with Crippen LogP contribution in [0.25, 0.3) is 11.3 Å². The summed E-state index contributed by atoms with van der Waals surface area (Å²) in [4.78, 5) is 14.7. The molecule has 1 heterocycles. The number of carbonyl (C=O) groups is 1. The summed E-state index contributed by atoms with van der Waals surface area (Å²) in [5.41, 5.74) is 1.40. The van der Waals surface area contributed by atoms with Crippen molar-refractivity contribution >= 4 is 17.3 Å². The van der Waals surface area contributed by atoms with Gasteiger partial charge in [0.2, 0.25) is 0 Å². The van der Waals surface area contributed by atoms with E-state index >= 15 is 0 Å². The van der Waals surface area contributed by atoms with Crippen LogP contribution >= 0.6 is 11.3 Å². The van der Waals surface area contributed by atoms with E-state index in [1.165, 1.54) is 23.5 Å². The molecular weight excluding hydrogens is 241 g/mol. The minimum Gasteiger partial charge on any atom is -0.481 e.